The molecule has 0 spiro atoms. The van der Waals surface area contributed by atoms with Crippen LogP contribution < -0.4 is 83.1 Å². The van der Waals surface area contributed by atoms with Crippen LogP contribution >= 0.6 is 39.7 Å². The number of phosphoric ester groups is 2. The number of piperazine rings is 1. The molecule has 0 saturated carbocycles. The number of carbonyl (C=O) groups is 5. The van der Waals surface area contributed by atoms with E-state index in [0.29, 0.717) is 49.5 Å². The second-order valence-electron chi connectivity index (χ2n) is 27.2. The Labute approximate surface area is 691 Å². The van der Waals surface area contributed by atoms with Crippen molar-refractivity contribution < 1.29 is 158 Å². The first-order valence-electron chi connectivity index (χ1n) is 39.2. The minimum absolute atomic E-state index is 0. The first kappa shape index (κ1) is 104. The van der Waals surface area contributed by atoms with Crippen LogP contribution in [0.15, 0.2) is 42.5 Å². The zero-order valence-corrected chi connectivity index (χ0v) is 72.8. The summed E-state index contributed by atoms with van der Waals surface area (Å²) in [5, 5.41) is 11.1. The van der Waals surface area contributed by atoms with E-state index in [9.17, 15) is 48.0 Å². The largest absolute Gasteiger partial charge is 1.00 e. The Bertz CT molecular complexity index is 2550. The van der Waals surface area contributed by atoms with E-state index in [1.165, 1.54) is 108 Å². The third-order valence-corrected chi connectivity index (χ3v) is 19.9. The molecule has 4 atom stereocenters. The molecule has 2 heterocycles. The van der Waals surface area contributed by atoms with E-state index in [1.54, 1.807) is 24.3 Å². The van der Waals surface area contributed by atoms with E-state index in [2.05, 4.69) is 38.7 Å². The van der Waals surface area contributed by atoms with Crippen LogP contribution in [0.25, 0.3) is 0 Å². The van der Waals surface area contributed by atoms with Gasteiger partial charge in [0.25, 0.3) is 21.6 Å². The molecule has 0 aromatic heterocycles. The van der Waals surface area contributed by atoms with Crippen LogP contribution in [0, 0.1) is 0 Å². The van der Waals surface area contributed by atoms with Crippen LogP contribution in [0.3, 0.4) is 0 Å². The van der Waals surface area contributed by atoms with Gasteiger partial charge in [-0.3, -0.25) is 38.0 Å². The first-order chi connectivity index (χ1) is 49.8. The summed E-state index contributed by atoms with van der Waals surface area (Å²) < 4.78 is 83.0. The number of carbonyl (C=O) groups excluding carboxylic acids is 5. The second kappa shape index (κ2) is 67.4. The number of aliphatic hydroxyl groups is 1. The maximum Gasteiger partial charge on any atom is 1.00 e. The third kappa shape index (κ3) is 56.2. The van der Waals surface area contributed by atoms with Gasteiger partial charge in [-0.1, -0.05) is 251 Å². The monoisotopic (exact) mass is 1600 g/mol. The van der Waals surface area contributed by atoms with E-state index < -0.39 is 97.5 Å². The SMILES string of the molecule is CCCCCCCCCCCC(=O)OCC(COP(=O)([O-])OCC(O)COP(=O)([O-])OCC(COC(=O)CCCCCCCCCCC)OC(=O)CCCCCCCCCCC)OC(=O)CCCCCCCCCCC.Cl.O=C(COc1ccc(Cl)cc1)N1CCN(Cc2ccc3c(c2)OCO3)CC1.[Na+].[Na+]. The fraction of sp³-hybridized carbons (Fsp3) is 0.779. The van der Waals surface area contributed by atoms with Crippen molar-refractivity contribution in [1.82, 2.24) is 9.80 Å². The number of ether oxygens (including phenoxy) is 7. The molecule has 600 valence electrons. The number of halogens is 2. The zero-order valence-electron chi connectivity index (χ0n) is 65.4. The quantitative estimate of drug-likeness (QED) is 0.0212. The van der Waals surface area contributed by atoms with Gasteiger partial charge in [0, 0.05) is 63.4 Å². The van der Waals surface area contributed by atoms with Gasteiger partial charge in [0.05, 0.1) is 26.4 Å². The smallest absolute Gasteiger partial charge is 0.756 e. The minimum atomic E-state index is -5.20. The van der Waals surface area contributed by atoms with Crippen LogP contribution in [0.2, 0.25) is 5.02 Å². The molecule has 1 N–H and O–H groups in total. The fourth-order valence-corrected chi connectivity index (χ4v) is 13.3. The molecule has 1 saturated heterocycles. The van der Waals surface area contributed by atoms with Crippen molar-refractivity contribution in [1.29, 1.82) is 0 Å². The van der Waals surface area contributed by atoms with Gasteiger partial charge >= 0.3 is 83.0 Å². The number of rotatable bonds is 63. The van der Waals surface area contributed by atoms with Crippen molar-refractivity contribution in [2.24, 2.45) is 0 Å². The second-order valence-corrected chi connectivity index (χ2v) is 30.5. The molecule has 4 rings (SSSR count). The van der Waals surface area contributed by atoms with Crippen LogP contribution in [0.5, 0.6) is 17.2 Å². The van der Waals surface area contributed by atoms with Crippen molar-refractivity contribution in [3.8, 4) is 17.2 Å². The van der Waals surface area contributed by atoms with Gasteiger partial charge < -0.3 is 71.0 Å². The van der Waals surface area contributed by atoms with Crippen molar-refractivity contribution in [3.05, 3.63) is 53.1 Å². The molecule has 0 radical (unpaired) electrons. The van der Waals surface area contributed by atoms with E-state index >= 15 is 0 Å². The Balaban J connectivity index is 0.00000302. The molecule has 29 heteroatoms. The average Bonchev–Trinajstić information content (AvgIpc) is 1.72. The summed E-state index contributed by atoms with van der Waals surface area (Å²) in [7, 11) is -10.4. The van der Waals surface area contributed by atoms with Crippen LogP contribution in [0.4, 0.5) is 0 Å². The maximum atomic E-state index is 12.8. The summed E-state index contributed by atoms with van der Waals surface area (Å²) in [4.78, 5) is 92.8. The van der Waals surface area contributed by atoms with Crippen molar-refractivity contribution in [2.75, 3.05) is 79.2 Å². The Morgan fingerprint density at radius 3 is 1.18 bits per heavy atom. The third-order valence-electron chi connectivity index (χ3n) is 17.8. The fourth-order valence-electron chi connectivity index (χ4n) is 11.6. The number of fused-ring (bicyclic) bond motifs is 1. The maximum absolute atomic E-state index is 12.8. The molecule has 0 aliphatic carbocycles. The predicted octanol–water partition coefficient (Wildman–Crippen LogP) is 11.2. The number of nitrogens with zero attached hydrogens (tertiary/aromatic N) is 2. The molecule has 2 aliphatic rings. The van der Waals surface area contributed by atoms with Gasteiger partial charge in [-0.15, -0.1) is 12.4 Å². The first-order valence-corrected chi connectivity index (χ1v) is 42.5. The van der Waals surface area contributed by atoms with E-state index in [0.717, 1.165) is 134 Å². The van der Waals surface area contributed by atoms with Crippen molar-refractivity contribution in [3.63, 3.8) is 0 Å². The Morgan fingerprint density at radius 1 is 0.462 bits per heavy atom. The minimum Gasteiger partial charge on any atom is -0.756 e. The number of esters is 4. The normalized spacial score (nSPS) is 14.5. The van der Waals surface area contributed by atoms with Crippen LogP contribution in [-0.2, 0) is 76.7 Å². The van der Waals surface area contributed by atoms with E-state index in [4.69, 9.17) is 62.9 Å². The van der Waals surface area contributed by atoms with Crippen LogP contribution in [0.1, 0.15) is 290 Å². The van der Waals surface area contributed by atoms with E-state index in [1.807, 2.05) is 17.0 Å². The number of hydrogen-bond donors (Lipinski definition) is 1. The van der Waals surface area contributed by atoms with Gasteiger partial charge in [0.1, 0.15) is 25.1 Å². The average molecular weight is 1600 g/mol. The topological polar surface area (TPSA) is 294 Å². The predicted molar refractivity (Wildman–Crippen MR) is 403 cm³/mol. The number of amides is 1. The summed E-state index contributed by atoms with van der Waals surface area (Å²) in [5.41, 5.74) is 1.19. The molecular formula is C77H130Cl2N2Na2O21P2. The van der Waals surface area contributed by atoms with Gasteiger partial charge in [-0.25, -0.2) is 0 Å². The number of benzene rings is 2. The van der Waals surface area contributed by atoms with Crippen molar-refractivity contribution >= 4 is 69.4 Å². The Morgan fingerprint density at radius 2 is 0.802 bits per heavy atom. The van der Waals surface area contributed by atoms with Gasteiger partial charge in [-0.2, -0.15) is 0 Å². The Kier molecular flexibility index (Phi) is 66.1. The van der Waals surface area contributed by atoms with Crippen molar-refractivity contribution in [2.45, 2.75) is 309 Å². The molecule has 2 aromatic carbocycles. The molecule has 1 fully saturated rings. The molecule has 106 heavy (non-hydrogen) atoms. The molecule has 23 nitrogen and oxygen atoms in total. The summed E-state index contributed by atoms with van der Waals surface area (Å²) in [6.45, 7) is 8.60. The number of aliphatic hydroxyl groups excluding tert-OH is 1. The van der Waals surface area contributed by atoms with Gasteiger partial charge in [0.15, 0.2) is 30.3 Å². The zero-order chi connectivity index (χ0) is 74.9. The van der Waals surface area contributed by atoms with Gasteiger partial charge in [0.2, 0.25) is 6.79 Å². The standard InChI is InChI=1S/C57H110O17P2.C20H21ClN2O4.ClH.2Na/c1-5-9-13-17-21-25-29-33-37-41-54(59)67-47-52(73-56(61)43-39-35-31-27-23-19-15-11-7-3)49-71-75(63,64)69-45-51(58)46-70-76(65,66)72-50-53(74-57(62)44-40-36-32-28-24-20-16-12-8-4)48-68-55(60)42-38-34-30-26-22-18-14-10-6-2;21-16-2-4-17(5-3-16)25-13-20(24)23-9-7-22(8-10-23)12-15-1-6-18-19(11-15)27-14-26-18;;;/h51-53,58H,5-50H2,1-4H3,(H,63,64)(H,65,66);1-6,11H,7-10,12-14H2;1H;;/q;;;2*+1/p-2. The molecule has 1 amide bonds. The molecule has 2 aromatic rings. The summed E-state index contributed by atoms with van der Waals surface area (Å²) in [6, 6.07) is 13.1. The van der Waals surface area contributed by atoms with Gasteiger partial charge in [-0.05, 0) is 67.6 Å². The van der Waals surface area contributed by atoms with E-state index in [-0.39, 0.29) is 117 Å². The summed E-state index contributed by atoms with van der Waals surface area (Å²) in [6.07, 6.45) is 34.2. The number of unbranched alkanes of at least 4 members (excludes halogenated alkanes) is 32. The molecule has 4 unspecified atom stereocenters. The Hall–Kier alpha value is -2.09. The number of hydrogen-bond acceptors (Lipinski definition) is 22. The molecule has 0 bridgehead atoms. The molecular weight excluding hydrogens is 1470 g/mol. The summed E-state index contributed by atoms with van der Waals surface area (Å²) in [5.74, 6) is 0.0209. The number of phosphoric acid groups is 2. The molecule has 2 aliphatic heterocycles. The van der Waals surface area contributed by atoms with Crippen LogP contribution in [-0.4, -0.2) is 142 Å². The summed E-state index contributed by atoms with van der Waals surface area (Å²) >= 11 is 5.85.